The number of anilines is 1. The Morgan fingerprint density at radius 3 is 2.57 bits per heavy atom. The van der Waals surface area contributed by atoms with E-state index >= 15 is 0 Å². The molecule has 3 heteroatoms. The van der Waals surface area contributed by atoms with Crippen molar-refractivity contribution in [3.05, 3.63) is 23.8 Å². The molecular formula is C18H30N2S. The molecular weight excluding hydrogens is 276 g/mol. The summed E-state index contributed by atoms with van der Waals surface area (Å²) in [6, 6.07) is 7.38. The first kappa shape index (κ1) is 16.7. The van der Waals surface area contributed by atoms with E-state index in [-0.39, 0.29) is 0 Å². The third-order valence-electron chi connectivity index (χ3n) is 4.55. The molecule has 2 nitrogen and oxygen atoms in total. The highest BCUT2D eigenvalue weighted by Crippen LogP contribution is 2.34. The summed E-state index contributed by atoms with van der Waals surface area (Å²) in [6.07, 6.45) is 8.83. The van der Waals surface area contributed by atoms with Gasteiger partial charge in [-0.2, -0.15) is 0 Å². The van der Waals surface area contributed by atoms with E-state index in [9.17, 15) is 0 Å². The van der Waals surface area contributed by atoms with Gasteiger partial charge in [-0.05, 0) is 43.6 Å². The van der Waals surface area contributed by atoms with Gasteiger partial charge >= 0.3 is 0 Å². The first-order valence-electron chi connectivity index (χ1n) is 8.30. The van der Waals surface area contributed by atoms with Gasteiger partial charge in [-0.25, -0.2) is 0 Å². The minimum atomic E-state index is 0.636. The summed E-state index contributed by atoms with van der Waals surface area (Å²) in [4.78, 5) is 4.00. The van der Waals surface area contributed by atoms with Gasteiger partial charge in [0.2, 0.25) is 0 Å². The SMILES string of the molecule is CSc1cccc(N(CCC(C)C)C2CCCC2)c1CN. The summed E-state index contributed by atoms with van der Waals surface area (Å²) in [6.45, 7) is 6.42. The molecule has 0 aromatic heterocycles. The standard InChI is InChI=1S/C18H30N2S/c1-14(2)11-12-20(15-7-4-5-8-15)17-9-6-10-18(21-3)16(17)13-19/h6,9-10,14-15H,4-5,7-8,11-13,19H2,1-3H3. The van der Waals surface area contributed by atoms with Gasteiger partial charge in [0, 0.05) is 35.3 Å². The van der Waals surface area contributed by atoms with Crippen LogP contribution in [0.15, 0.2) is 23.1 Å². The lowest BCUT2D eigenvalue weighted by molar-refractivity contribution is 0.527. The predicted molar refractivity (Wildman–Crippen MR) is 95.2 cm³/mol. The van der Waals surface area contributed by atoms with Crippen LogP contribution >= 0.6 is 11.8 Å². The number of nitrogens with two attached hydrogens (primary N) is 1. The van der Waals surface area contributed by atoms with Gasteiger partial charge in [-0.1, -0.05) is 32.8 Å². The predicted octanol–water partition coefficient (Wildman–Crippen LogP) is 4.66. The van der Waals surface area contributed by atoms with Crippen molar-refractivity contribution in [3.63, 3.8) is 0 Å². The molecule has 1 aliphatic rings. The first-order valence-corrected chi connectivity index (χ1v) is 9.52. The van der Waals surface area contributed by atoms with E-state index in [0.29, 0.717) is 12.6 Å². The number of hydrogen-bond acceptors (Lipinski definition) is 3. The minimum Gasteiger partial charge on any atom is -0.368 e. The summed E-state index contributed by atoms with van der Waals surface area (Å²) in [5.41, 5.74) is 8.80. The molecule has 1 aliphatic carbocycles. The molecule has 0 spiro atoms. The van der Waals surface area contributed by atoms with Crippen molar-refractivity contribution in [2.75, 3.05) is 17.7 Å². The number of rotatable bonds is 7. The van der Waals surface area contributed by atoms with Crippen LogP contribution in [0.1, 0.15) is 51.5 Å². The Kier molecular flexibility index (Phi) is 6.43. The summed E-state index contributed by atoms with van der Waals surface area (Å²) in [7, 11) is 0. The molecule has 1 saturated carbocycles. The Labute approximate surface area is 134 Å². The average molecular weight is 307 g/mol. The lowest BCUT2D eigenvalue weighted by atomic mass is 10.1. The quantitative estimate of drug-likeness (QED) is 0.743. The van der Waals surface area contributed by atoms with Crippen LogP contribution in [0.3, 0.4) is 0 Å². The lowest BCUT2D eigenvalue weighted by Crippen LogP contribution is -2.35. The summed E-state index contributed by atoms with van der Waals surface area (Å²) < 4.78 is 0. The molecule has 0 radical (unpaired) electrons. The van der Waals surface area contributed by atoms with Crippen molar-refractivity contribution in [3.8, 4) is 0 Å². The number of thioether (sulfide) groups is 1. The summed E-state index contributed by atoms with van der Waals surface area (Å²) in [5, 5.41) is 0. The van der Waals surface area contributed by atoms with E-state index in [1.54, 1.807) is 0 Å². The summed E-state index contributed by atoms with van der Waals surface area (Å²) in [5.74, 6) is 0.749. The number of benzene rings is 1. The number of hydrogen-bond donors (Lipinski definition) is 1. The maximum absolute atomic E-state index is 6.08. The molecule has 1 aromatic rings. The van der Waals surface area contributed by atoms with Gasteiger partial charge in [0.15, 0.2) is 0 Å². The van der Waals surface area contributed by atoms with Crippen molar-refractivity contribution in [1.29, 1.82) is 0 Å². The zero-order chi connectivity index (χ0) is 15.2. The monoisotopic (exact) mass is 306 g/mol. The second kappa shape index (κ2) is 8.09. The molecule has 2 N–H and O–H groups in total. The fraction of sp³-hybridized carbons (Fsp3) is 0.667. The van der Waals surface area contributed by atoms with E-state index in [2.05, 4.69) is 43.2 Å². The Morgan fingerprint density at radius 1 is 1.29 bits per heavy atom. The zero-order valence-electron chi connectivity index (χ0n) is 13.8. The highest BCUT2D eigenvalue weighted by molar-refractivity contribution is 7.98. The van der Waals surface area contributed by atoms with Gasteiger partial charge < -0.3 is 10.6 Å². The van der Waals surface area contributed by atoms with Crippen molar-refractivity contribution in [2.45, 2.75) is 63.4 Å². The van der Waals surface area contributed by atoms with Crippen LogP contribution in [0, 0.1) is 5.92 Å². The maximum Gasteiger partial charge on any atom is 0.0425 e. The molecule has 1 aromatic carbocycles. The normalized spacial score (nSPS) is 15.9. The topological polar surface area (TPSA) is 29.3 Å². The smallest absolute Gasteiger partial charge is 0.0425 e. The van der Waals surface area contributed by atoms with Crippen molar-refractivity contribution < 1.29 is 0 Å². The largest absolute Gasteiger partial charge is 0.368 e. The van der Waals surface area contributed by atoms with Crippen molar-refractivity contribution >= 4 is 17.4 Å². The molecule has 0 aliphatic heterocycles. The van der Waals surface area contributed by atoms with Crippen LogP contribution in [0.2, 0.25) is 0 Å². The van der Waals surface area contributed by atoms with Gasteiger partial charge in [0.25, 0.3) is 0 Å². The third-order valence-corrected chi connectivity index (χ3v) is 5.38. The highest BCUT2D eigenvalue weighted by atomic mass is 32.2. The van der Waals surface area contributed by atoms with E-state index in [1.165, 1.54) is 48.3 Å². The van der Waals surface area contributed by atoms with Crippen molar-refractivity contribution in [1.82, 2.24) is 0 Å². The van der Waals surface area contributed by atoms with Crippen LogP contribution < -0.4 is 10.6 Å². The van der Waals surface area contributed by atoms with Crippen LogP contribution in [-0.2, 0) is 6.54 Å². The molecule has 0 heterocycles. The van der Waals surface area contributed by atoms with E-state index < -0.39 is 0 Å². The second-order valence-electron chi connectivity index (χ2n) is 6.48. The van der Waals surface area contributed by atoms with E-state index in [0.717, 1.165) is 12.5 Å². The Balaban J connectivity index is 2.30. The van der Waals surface area contributed by atoms with Crippen molar-refractivity contribution in [2.24, 2.45) is 11.7 Å². The Hall–Kier alpha value is -0.670. The molecule has 0 unspecified atom stereocenters. The molecule has 21 heavy (non-hydrogen) atoms. The molecule has 0 amide bonds. The lowest BCUT2D eigenvalue weighted by Gasteiger charge is -2.34. The molecule has 118 valence electrons. The maximum atomic E-state index is 6.08. The van der Waals surface area contributed by atoms with Crippen LogP contribution in [0.4, 0.5) is 5.69 Å². The zero-order valence-corrected chi connectivity index (χ0v) is 14.6. The van der Waals surface area contributed by atoms with Crippen LogP contribution in [0.5, 0.6) is 0 Å². The first-order chi connectivity index (χ1) is 10.2. The van der Waals surface area contributed by atoms with E-state index in [4.69, 9.17) is 5.73 Å². The second-order valence-corrected chi connectivity index (χ2v) is 7.32. The van der Waals surface area contributed by atoms with Gasteiger partial charge in [0.05, 0.1) is 0 Å². The fourth-order valence-electron chi connectivity index (χ4n) is 3.33. The van der Waals surface area contributed by atoms with Gasteiger partial charge in [0.1, 0.15) is 0 Å². The average Bonchev–Trinajstić information content (AvgIpc) is 3.00. The summed E-state index contributed by atoms with van der Waals surface area (Å²) >= 11 is 1.81. The third kappa shape index (κ3) is 4.17. The molecule has 0 atom stereocenters. The minimum absolute atomic E-state index is 0.636. The van der Waals surface area contributed by atoms with E-state index in [1.807, 2.05) is 11.8 Å². The Morgan fingerprint density at radius 2 is 2.00 bits per heavy atom. The Bertz CT molecular complexity index is 439. The fourth-order valence-corrected chi connectivity index (χ4v) is 3.98. The molecule has 0 bridgehead atoms. The van der Waals surface area contributed by atoms with Gasteiger partial charge in [-0.15, -0.1) is 11.8 Å². The molecule has 2 rings (SSSR count). The van der Waals surface area contributed by atoms with Crippen LogP contribution in [0.25, 0.3) is 0 Å². The molecule has 0 saturated heterocycles. The molecule has 1 fully saturated rings. The van der Waals surface area contributed by atoms with Crippen LogP contribution in [-0.4, -0.2) is 18.8 Å². The highest BCUT2D eigenvalue weighted by Gasteiger charge is 2.25. The van der Waals surface area contributed by atoms with Gasteiger partial charge in [-0.3, -0.25) is 0 Å². The number of nitrogens with zero attached hydrogens (tertiary/aromatic N) is 1.